The molecule has 186 valence electrons. The molecule has 0 aliphatic carbocycles. The second kappa shape index (κ2) is 9.94. The first-order valence-corrected chi connectivity index (χ1v) is 12.8. The van der Waals surface area contributed by atoms with Gasteiger partial charge >= 0.3 is 6.18 Å². The van der Waals surface area contributed by atoms with Crippen LogP contribution in [0.15, 0.2) is 59.5 Å². The van der Waals surface area contributed by atoms with Crippen molar-refractivity contribution in [1.82, 2.24) is 14.3 Å². The molecule has 1 aromatic heterocycles. The molecule has 2 aromatic carbocycles. The van der Waals surface area contributed by atoms with E-state index in [0.29, 0.717) is 37.8 Å². The zero-order valence-corrected chi connectivity index (χ0v) is 20.4. The predicted octanol–water partition coefficient (Wildman–Crippen LogP) is 4.60. The van der Waals surface area contributed by atoms with Crippen molar-refractivity contribution in [3.8, 4) is 0 Å². The summed E-state index contributed by atoms with van der Waals surface area (Å²) in [5, 5.41) is 0. The molecule has 1 aliphatic heterocycles. The first kappa shape index (κ1) is 25.1. The summed E-state index contributed by atoms with van der Waals surface area (Å²) in [6, 6.07) is 13.9. The predicted molar refractivity (Wildman–Crippen MR) is 128 cm³/mol. The lowest BCUT2D eigenvalue weighted by Gasteiger charge is -2.26. The van der Waals surface area contributed by atoms with E-state index < -0.39 is 21.8 Å². The molecule has 0 atom stereocenters. The molecule has 1 fully saturated rings. The minimum Gasteiger partial charge on any atom is -0.355 e. The Labute approximate surface area is 203 Å². The lowest BCUT2D eigenvalue weighted by atomic mass is 10.0. The summed E-state index contributed by atoms with van der Waals surface area (Å²) < 4.78 is 67.1. The van der Waals surface area contributed by atoms with Crippen LogP contribution in [0.3, 0.4) is 0 Å². The second-order valence-corrected chi connectivity index (χ2v) is 10.5. The number of hydrogen-bond acceptors (Lipinski definition) is 5. The van der Waals surface area contributed by atoms with E-state index in [9.17, 15) is 21.6 Å². The third-order valence-electron chi connectivity index (χ3n) is 6.08. The van der Waals surface area contributed by atoms with Gasteiger partial charge in [0.25, 0.3) is 0 Å². The molecule has 3 aromatic rings. The first-order valence-electron chi connectivity index (χ1n) is 11.4. The number of halogens is 3. The molecule has 4 rings (SSSR count). The number of hydrogen-bond donors (Lipinski definition) is 0. The molecule has 2 heterocycles. The monoisotopic (exact) mass is 504 g/mol. The summed E-state index contributed by atoms with van der Waals surface area (Å²) in [6.07, 6.45) is -3.45. The molecular formula is C25H27F3N4O2S. The normalized spacial score (nSPS) is 15.7. The number of aromatic nitrogens is 2. The Morgan fingerprint density at radius 2 is 1.66 bits per heavy atom. The standard InChI is InChI=1S/C25H27F3N4O2S/c1-18-23(16-20-8-4-3-5-9-20)24(30-19(2)29-18)31-12-7-13-32(15-14-31)35(33,34)22-11-6-10-21(17-22)25(26,27)28/h3-6,8-11,17H,7,12-16H2,1-2H3. The average molecular weight is 505 g/mol. The van der Waals surface area contributed by atoms with Crippen LogP contribution >= 0.6 is 0 Å². The van der Waals surface area contributed by atoms with Crippen LogP contribution in [0.2, 0.25) is 0 Å². The Bertz CT molecular complexity index is 1300. The van der Waals surface area contributed by atoms with Crippen LogP contribution in [0.4, 0.5) is 19.0 Å². The molecule has 0 spiro atoms. The molecule has 6 nitrogen and oxygen atoms in total. The Morgan fingerprint density at radius 3 is 2.37 bits per heavy atom. The van der Waals surface area contributed by atoms with Crippen LogP contribution in [0.25, 0.3) is 0 Å². The van der Waals surface area contributed by atoms with Crippen molar-refractivity contribution < 1.29 is 21.6 Å². The quantitative estimate of drug-likeness (QED) is 0.508. The number of alkyl halides is 3. The summed E-state index contributed by atoms with van der Waals surface area (Å²) in [5.74, 6) is 1.41. The minimum absolute atomic E-state index is 0.144. The molecule has 0 amide bonds. The van der Waals surface area contributed by atoms with E-state index in [0.717, 1.165) is 34.8 Å². The smallest absolute Gasteiger partial charge is 0.355 e. The van der Waals surface area contributed by atoms with Crippen molar-refractivity contribution >= 4 is 15.8 Å². The third kappa shape index (κ3) is 5.65. The van der Waals surface area contributed by atoms with Gasteiger partial charge in [0.15, 0.2) is 0 Å². The summed E-state index contributed by atoms with van der Waals surface area (Å²) in [7, 11) is -4.07. The fourth-order valence-electron chi connectivity index (χ4n) is 4.31. The Hall–Kier alpha value is -2.98. The number of nitrogens with zero attached hydrogens (tertiary/aromatic N) is 4. The van der Waals surface area contributed by atoms with E-state index in [1.54, 1.807) is 0 Å². The van der Waals surface area contributed by atoms with Crippen molar-refractivity contribution in [3.63, 3.8) is 0 Å². The highest BCUT2D eigenvalue weighted by molar-refractivity contribution is 7.89. The lowest BCUT2D eigenvalue weighted by molar-refractivity contribution is -0.137. The second-order valence-electron chi connectivity index (χ2n) is 8.59. The number of anilines is 1. The molecule has 0 N–H and O–H groups in total. The van der Waals surface area contributed by atoms with Crippen LogP contribution in [0.5, 0.6) is 0 Å². The number of benzene rings is 2. The van der Waals surface area contributed by atoms with Gasteiger partial charge < -0.3 is 4.90 Å². The van der Waals surface area contributed by atoms with Crippen LogP contribution in [0, 0.1) is 13.8 Å². The Balaban J connectivity index is 1.59. The van der Waals surface area contributed by atoms with Gasteiger partial charge in [-0.1, -0.05) is 36.4 Å². The van der Waals surface area contributed by atoms with Gasteiger partial charge in [-0.3, -0.25) is 0 Å². The first-order chi connectivity index (χ1) is 16.6. The molecule has 1 aliphatic rings. The van der Waals surface area contributed by atoms with Gasteiger partial charge in [-0.25, -0.2) is 18.4 Å². The van der Waals surface area contributed by atoms with Crippen molar-refractivity contribution in [1.29, 1.82) is 0 Å². The van der Waals surface area contributed by atoms with E-state index in [1.165, 1.54) is 10.4 Å². The lowest BCUT2D eigenvalue weighted by Crippen LogP contribution is -2.36. The van der Waals surface area contributed by atoms with E-state index in [1.807, 2.05) is 44.2 Å². The highest BCUT2D eigenvalue weighted by Gasteiger charge is 2.33. The molecular weight excluding hydrogens is 477 g/mol. The van der Waals surface area contributed by atoms with Gasteiger partial charge in [0, 0.05) is 43.9 Å². The van der Waals surface area contributed by atoms with Crippen molar-refractivity contribution in [2.24, 2.45) is 0 Å². The maximum Gasteiger partial charge on any atom is 0.416 e. The van der Waals surface area contributed by atoms with Crippen LogP contribution in [-0.4, -0.2) is 48.9 Å². The summed E-state index contributed by atoms with van der Waals surface area (Å²) in [5.41, 5.74) is 1.99. The van der Waals surface area contributed by atoms with Gasteiger partial charge in [-0.2, -0.15) is 17.5 Å². The number of sulfonamides is 1. The highest BCUT2D eigenvalue weighted by atomic mass is 32.2. The van der Waals surface area contributed by atoms with Gasteiger partial charge in [-0.15, -0.1) is 0 Å². The molecule has 0 bridgehead atoms. The van der Waals surface area contributed by atoms with Crippen LogP contribution in [0.1, 0.15) is 34.6 Å². The SMILES string of the molecule is Cc1nc(C)c(Cc2ccccc2)c(N2CCCN(S(=O)(=O)c3cccc(C(F)(F)F)c3)CC2)n1. The Kier molecular flexibility index (Phi) is 7.14. The third-order valence-corrected chi connectivity index (χ3v) is 7.98. The fraction of sp³-hybridized carbons (Fsp3) is 0.360. The number of aryl methyl sites for hydroxylation is 2. The molecule has 0 radical (unpaired) electrons. The topological polar surface area (TPSA) is 66.4 Å². The maximum atomic E-state index is 13.2. The van der Waals surface area contributed by atoms with Crippen molar-refractivity contribution in [3.05, 3.63) is 82.8 Å². The van der Waals surface area contributed by atoms with Gasteiger partial charge in [0.1, 0.15) is 11.6 Å². The summed E-state index contributed by atoms with van der Waals surface area (Å²) >= 11 is 0. The van der Waals surface area contributed by atoms with Crippen molar-refractivity contribution in [2.75, 3.05) is 31.1 Å². The molecule has 1 saturated heterocycles. The fourth-order valence-corrected chi connectivity index (χ4v) is 5.83. The maximum absolute atomic E-state index is 13.2. The Morgan fingerprint density at radius 1 is 0.914 bits per heavy atom. The average Bonchev–Trinajstić information content (AvgIpc) is 3.08. The molecule has 10 heteroatoms. The molecule has 0 saturated carbocycles. The highest BCUT2D eigenvalue weighted by Crippen LogP contribution is 2.32. The largest absolute Gasteiger partial charge is 0.416 e. The summed E-state index contributed by atoms with van der Waals surface area (Å²) in [6.45, 7) is 5.07. The van der Waals surface area contributed by atoms with E-state index >= 15 is 0 Å². The van der Waals surface area contributed by atoms with E-state index in [4.69, 9.17) is 4.98 Å². The molecule has 35 heavy (non-hydrogen) atoms. The number of rotatable bonds is 5. The van der Waals surface area contributed by atoms with E-state index in [2.05, 4.69) is 9.88 Å². The zero-order chi connectivity index (χ0) is 25.2. The van der Waals surface area contributed by atoms with Crippen LogP contribution < -0.4 is 4.90 Å². The molecule has 0 unspecified atom stereocenters. The van der Waals surface area contributed by atoms with Crippen molar-refractivity contribution in [2.45, 2.75) is 37.8 Å². The van der Waals surface area contributed by atoms with E-state index in [-0.39, 0.29) is 18.0 Å². The zero-order valence-electron chi connectivity index (χ0n) is 19.6. The minimum atomic E-state index is -4.61. The van der Waals surface area contributed by atoms with Gasteiger partial charge in [0.2, 0.25) is 10.0 Å². The summed E-state index contributed by atoms with van der Waals surface area (Å²) in [4.78, 5) is 10.9. The van der Waals surface area contributed by atoms with Crippen LogP contribution in [-0.2, 0) is 22.6 Å². The van der Waals surface area contributed by atoms with Gasteiger partial charge in [-0.05, 0) is 44.0 Å². The van der Waals surface area contributed by atoms with Gasteiger partial charge in [0.05, 0.1) is 10.5 Å².